The Morgan fingerprint density at radius 1 is 1.38 bits per heavy atom. The zero-order valence-electron chi connectivity index (χ0n) is 13.2. The number of hydrogen-bond donors (Lipinski definition) is 2. The molecule has 0 fully saturated rings. The van der Waals surface area contributed by atoms with E-state index in [1.807, 2.05) is 32.0 Å². The van der Waals surface area contributed by atoms with Crippen LogP contribution in [0.15, 0.2) is 18.2 Å². The van der Waals surface area contributed by atoms with Crippen molar-refractivity contribution < 1.29 is 19.4 Å². The Bertz CT molecular complexity index is 462. The molecule has 2 unspecified atom stereocenters. The average Bonchev–Trinajstić information content (AvgIpc) is 2.45. The van der Waals surface area contributed by atoms with E-state index in [0.717, 1.165) is 16.9 Å². The van der Waals surface area contributed by atoms with Crippen molar-refractivity contribution in [1.29, 1.82) is 0 Å². The van der Waals surface area contributed by atoms with Crippen LogP contribution in [0, 0.1) is 13.8 Å². The second kappa shape index (κ2) is 8.64. The van der Waals surface area contributed by atoms with Crippen molar-refractivity contribution in [2.24, 2.45) is 0 Å². The lowest BCUT2D eigenvalue weighted by molar-refractivity contribution is -0.145. The number of benzene rings is 1. The Morgan fingerprint density at radius 2 is 2.10 bits per heavy atom. The smallest absolute Gasteiger partial charge is 0.322 e. The van der Waals surface area contributed by atoms with Crippen LogP contribution in [0.1, 0.15) is 25.0 Å². The molecule has 0 saturated heterocycles. The van der Waals surface area contributed by atoms with Crippen molar-refractivity contribution >= 4 is 5.97 Å². The number of ether oxygens (including phenoxy) is 2. The highest BCUT2D eigenvalue weighted by Gasteiger charge is 2.15. The second-order valence-electron chi connectivity index (χ2n) is 5.12. The first kappa shape index (κ1) is 17.5. The standard InChI is InChI=1S/C16H25NO4/c1-5-20-16(19)13(4)17-9-14(18)10-21-15-8-11(2)6-7-12(15)3/h6-8,13-14,17-18H,5,9-10H2,1-4H3. The zero-order chi connectivity index (χ0) is 15.8. The fourth-order valence-corrected chi connectivity index (χ4v) is 1.77. The van der Waals surface area contributed by atoms with Gasteiger partial charge in [0.15, 0.2) is 0 Å². The Labute approximate surface area is 126 Å². The maximum atomic E-state index is 11.4. The van der Waals surface area contributed by atoms with Gasteiger partial charge in [-0.05, 0) is 44.9 Å². The van der Waals surface area contributed by atoms with Crippen LogP contribution in [0.5, 0.6) is 5.75 Å². The number of hydrogen-bond acceptors (Lipinski definition) is 5. The molecule has 1 rings (SSSR count). The molecule has 0 heterocycles. The number of aliphatic hydroxyl groups excluding tert-OH is 1. The van der Waals surface area contributed by atoms with E-state index in [1.165, 1.54) is 0 Å². The number of esters is 1. The Balaban J connectivity index is 2.35. The van der Waals surface area contributed by atoms with Crippen LogP contribution in [0.2, 0.25) is 0 Å². The summed E-state index contributed by atoms with van der Waals surface area (Å²) in [5.41, 5.74) is 2.14. The Hall–Kier alpha value is -1.59. The van der Waals surface area contributed by atoms with Crippen molar-refractivity contribution in [3.8, 4) is 5.75 Å². The van der Waals surface area contributed by atoms with Gasteiger partial charge in [0.05, 0.1) is 6.61 Å². The number of aryl methyl sites for hydroxylation is 2. The van der Waals surface area contributed by atoms with E-state index < -0.39 is 12.1 Å². The van der Waals surface area contributed by atoms with Gasteiger partial charge in [-0.25, -0.2) is 0 Å². The lowest BCUT2D eigenvalue weighted by Gasteiger charge is -2.17. The predicted molar refractivity (Wildman–Crippen MR) is 81.5 cm³/mol. The highest BCUT2D eigenvalue weighted by molar-refractivity contribution is 5.75. The third kappa shape index (κ3) is 6.14. The Kier molecular flexibility index (Phi) is 7.19. The van der Waals surface area contributed by atoms with E-state index in [-0.39, 0.29) is 19.1 Å². The van der Waals surface area contributed by atoms with E-state index in [2.05, 4.69) is 5.32 Å². The summed E-state index contributed by atoms with van der Waals surface area (Å²) in [5.74, 6) is 0.452. The van der Waals surface area contributed by atoms with Gasteiger partial charge in [-0.15, -0.1) is 0 Å². The first-order valence-electron chi connectivity index (χ1n) is 7.22. The molecule has 1 aromatic carbocycles. The molecule has 0 aliphatic carbocycles. The molecule has 21 heavy (non-hydrogen) atoms. The number of aliphatic hydroxyl groups is 1. The molecule has 0 aliphatic heterocycles. The fourth-order valence-electron chi connectivity index (χ4n) is 1.77. The molecule has 5 heteroatoms. The molecule has 0 saturated carbocycles. The molecule has 0 aromatic heterocycles. The SMILES string of the molecule is CCOC(=O)C(C)NCC(O)COc1cc(C)ccc1C. The van der Waals surface area contributed by atoms with E-state index in [0.29, 0.717) is 6.61 Å². The molecule has 5 nitrogen and oxygen atoms in total. The minimum atomic E-state index is -0.693. The lowest BCUT2D eigenvalue weighted by atomic mass is 10.1. The summed E-state index contributed by atoms with van der Waals surface area (Å²) in [6.45, 7) is 8.21. The van der Waals surface area contributed by atoms with Gasteiger partial charge in [-0.1, -0.05) is 12.1 Å². The summed E-state index contributed by atoms with van der Waals surface area (Å²) >= 11 is 0. The minimum absolute atomic E-state index is 0.173. The van der Waals surface area contributed by atoms with Gasteiger partial charge in [0.2, 0.25) is 0 Å². The van der Waals surface area contributed by atoms with E-state index in [4.69, 9.17) is 9.47 Å². The van der Waals surface area contributed by atoms with Crippen molar-refractivity contribution in [2.45, 2.75) is 39.8 Å². The van der Waals surface area contributed by atoms with Crippen molar-refractivity contribution in [3.63, 3.8) is 0 Å². The summed E-state index contributed by atoms with van der Waals surface area (Å²) in [7, 11) is 0. The summed E-state index contributed by atoms with van der Waals surface area (Å²) in [4.78, 5) is 11.4. The predicted octanol–water partition coefficient (Wildman–Crippen LogP) is 1.58. The van der Waals surface area contributed by atoms with Crippen LogP contribution in [0.3, 0.4) is 0 Å². The molecule has 1 aromatic rings. The zero-order valence-corrected chi connectivity index (χ0v) is 13.2. The maximum absolute atomic E-state index is 11.4. The molecular weight excluding hydrogens is 270 g/mol. The molecule has 0 bridgehead atoms. The van der Waals surface area contributed by atoms with Gasteiger partial charge in [0.25, 0.3) is 0 Å². The van der Waals surface area contributed by atoms with Crippen molar-refractivity contribution in [2.75, 3.05) is 19.8 Å². The number of rotatable bonds is 8. The summed E-state index contributed by atoms with van der Waals surface area (Å²) < 4.78 is 10.5. The van der Waals surface area contributed by atoms with Gasteiger partial charge in [0.1, 0.15) is 24.5 Å². The molecular formula is C16H25NO4. The first-order chi connectivity index (χ1) is 9.93. The van der Waals surface area contributed by atoms with Crippen LogP contribution in [-0.4, -0.2) is 43.0 Å². The molecule has 2 N–H and O–H groups in total. The highest BCUT2D eigenvalue weighted by atomic mass is 16.5. The maximum Gasteiger partial charge on any atom is 0.322 e. The van der Waals surface area contributed by atoms with E-state index in [1.54, 1.807) is 13.8 Å². The molecule has 2 atom stereocenters. The number of nitrogens with one attached hydrogen (secondary N) is 1. The van der Waals surface area contributed by atoms with Crippen molar-refractivity contribution in [1.82, 2.24) is 5.32 Å². The van der Waals surface area contributed by atoms with Crippen LogP contribution in [0.25, 0.3) is 0 Å². The fraction of sp³-hybridized carbons (Fsp3) is 0.562. The van der Waals surface area contributed by atoms with Crippen molar-refractivity contribution in [3.05, 3.63) is 29.3 Å². The second-order valence-corrected chi connectivity index (χ2v) is 5.12. The summed E-state index contributed by atoms with van der Waals surface area (Å²) in [6.07, 6.45) is -0.693. The largest absolute Gasteiger partial charge is 0.491 e. The van der Waals surface area contributed by atoms with Crippen LogP contribution < -0.4 is 10.1 Å². The monoisotopic (exact) mass is 295 g/mol. The Morgan fingerprint density at radius 3 is 2.76 bits per heavy atom. The first-order valence-corrected chi connectivity index (χ1v) is 7.22. The van der Waals surface area contributed by atoms with E-state index in [9.17, 15) is 9.90 Å². The van der Waals surface area contributed by atoms with Gasteiger partial charge in [-0.2, -0.15) is 0 Å². The molecule has 0 aliphatic rings. The third-order valence-electron chi connectivity index (χ3n) is 3.07. The topological polar surface area (TPSA) is 67.8 Å². The van der Waals surface area contributed by atoms with Gasteiger partial charge in [0, 0.05) is 6.54 Å². The van der Waals surface area contributed by atoms with Crippen LogP contribution in [-0.2, 0) is 9.53 Å². The average molecular weight is 295 g/mol. The molecule has 118 valence electrons. The third-order valence-corrected chi connectivity index (χ3v) is 3.07. The normalized spacial score (nSPS) is 13.6. The molecule has 0 spiro atoms. The summed E-state index contributed by atoms with van der Waals surface area (Å²) in [6, 6.07) is 5.50. The molecule has 0 amide bonds. The van der Waals surface area contributed by atoms with Crippen LogP contribution >= 0.6 is 0 Å². The minimum Gasteiger partial charge on any atom is -0.491 e. The van der Waals surface area contributed by atoms with Gasteiger partial charge in [-0.3, -0.25) is 4.79 Å². The lowest BCUT2D eigenvalue weighted by Crippen LogP contribution is -2.41. The number of carbonyl (C=O) groups is 1. The quantitative estimate of drug-likeness (QED) is 0.713. The van der Waals surface area contributed by atoms with Gasteiger partial charge < -0.3 is 19.9 Å². The highest BCUT2D eigenvalue weighted by Crippen LogP contribution is 2.19. The van der Waals surface area contributed by atoms with Gasteiger partial charge >= 0.3 is 5.97 Å². The summed E-state index contributed by atoms with van der Waals surface area (Å²) in [5, 5.41) is 12.8. The number of carbonyl (C=O) groups excluding carboxylic acids is 1. The molecule has 0 radical (unpaired) electrons. The van der Waals surface area contributed by atoms with Crippen LogP contribution in [0.4, 0.5) is 0 Å². The van der Waals surface area contributed by atoms with E-state index >= 15 is 0 Å².